The largest absolute Gasteiger partial charge is 0.394 e. The van der Waals surface area contributed by atoms with Crippen LogP contribution in [-0.4, -0.2) is 87.5 Å². The van der Waals surface area contributed by atoms with Crippen LogP contribution in [0.2, 0.25) is 0 Å². The second-order valence-corrected chi connectivity index (χ2v) is 13.0. The van der Waals surface area contributed by atoms with Crippen LogP contribution in [0.15, 0.2) is 24.3 Å². The zero-order valence-corrected chi connectivity index (χ0v) is 29.1. The first-order valence-electron chi connectivity index (χ1n) is 18.5. The van der Waals surface area contributed by atoms with Gasteiger partial charge >= 0.3 is 0 Å². The molecule has 0 aliphatic carbocycles. The van der Waals surface area contributed by atoms with Gasteiger partial charge in [-0.05, 0) is 44.9 Å². The van der Waals surface area contributed by atoms with Crippen molar-refractivity contribution in [2.24, 2.45) is 0 Å². The molecule has 1 rings (SSSR count). The number of rotatable bonds is 29. The standard InChI is InChI=1S/C37H69NO8/c1-3-5-7-9-10-11-12-13-14-15-16-17-18-19-20-21-23-25-27-33(41)38-30(31(40)26-24-22-8-6-4-2)29-45-37-36(44)35(43)34(42)32(28-39)46-37/h11-12,14-15,30-32,34-37,39-40,42-44H,3-10,13,16-29H2,1-2H3,(H,38,41)/b12-11-,15-14-. The van der Waals surface area contributed by atoms with Gasteiger partial charge in [0.05, 0.1) is 25.4 Å². The first-order chi connectivity index (χ1) is 22.3. The van der Waals surface area contributed by atoms with Crippen molar-refractivity contribution in [1.82, 2.24) is 5.32 Å². The van der Waals surface area contributed by atoms with E-state index < -0.39 is 49.5 Å². The molecular formula is C37H69NO8. The summed E-state index contributed by atoms with van der Waals surface area (Å²) in [5.74, 6) is -0.162. The molecule has 9 nitrogen and oxygen atoms in total. The predicted molar refractivity (Wildman–Crippen MR) is 184 cm³/mol. The molecule has 6 N–H and O–H groups in total. The number of aliphatic hydroxyl groups excluding tert-OH is 5. The molecule has 1 fully saturated rings. The van der Waals surface area contributed by atoms with E-state index >= 15 is 0 Å². The van der Waals surface area contributed by atoms with Gasteiger partial charge in [0.2, 0.25) is 5.91 Å². The SMILES string of the molecule is CCCCCC/C=C\C/C=C\CCCCCCCCCC(=O)NC(COC1OC(CO)C(O)C(O)C1O)C(O)CCCCCCC. The molecular weight excluding hydrogens is 586 g/mol. The summed E-state index contributed by atoms with van der Waals surface area (Å²) in [5.41, 5.74) is 0. The van der Waals surface area contributed by atoms with Gasteiger partial charge in [0, 0.05) is 6.42 Å². The monoisotopic (exact) mass is 656 g/mol. The molecule has 9 heteroatoms. The predicted octanol–water partition coefficient (Wildman–Crippen LogP) is 5.99. The molecule has 0 radical (unpaired) electrons. The van der Waals surface area contributed by atoms with Crippen LogP contribution in [0.1, 0.15) is 149 Å². The summed E-state index contributed by atoms with van der Waals surface area (Å²) in [6.45, 7) is 3.69. The Bertz CT molecular complexity index is 776. The van der Waals surface area contributed by atoms with Crippen LogP contribution in [0, 0.1) is 0 Å². The number of ether oxygens (including phenoxy) is 2. The van der Waals surface area contributed by atoms with Gasteiger partial charge in [-0.3, -0.25) is 4.79 Å². The van der Waals surface area contributed by atoms with Crippen molar-refractivity contribution in [3.63, 3.8) is 0 Å². The topological polar surface area (TPSA) is 149 Å². The van der Waals surface area contributed by atoms with E-state index in [2.05, 4.69) is 43.5 Å². The summed E-state index contributed by atoms with van der Waals surface area (Å²) in [6, 6.07) is -0.716. The van der Waals surface area contributed by atoms with Crippen LogP contribution in [0.3, 0.4) is 0 Å². The highest BCUT2D eigenvalue weighted by Crippen LogP contribution is 2.22. The van der Waals surface area contributed by atoms with Crippen molar-refractivity contribution in [3.05, 3.63) is 24.3 Å². The Morgan fingerprint density at radius 2 is 1.28 bits per heavy atom. The first kappa shape index (κ1) is 42.7. The van der Waals surface area contributed by atoms with E-state index in [9.17, 15) is 30.3 Å². The number of hydrogen-bond donors (Lipinski definition) is 6. The third-order valence-electron chi connectivity index (χ3n) is 8.81. The van der Waals surface area contributed by atoms with Crippen LogP contribution in [0.4, 0.5) is 0 Å². The number of allylic oxidation sites excluding steroid dienone is 4. The van der Waals surface area contributed by atoms with E-state index in [1.807, 2.05) is 0 Å². The smallest absolute Gasteiger partial charge is 0.220 e. The molecule has 0 spiro atoms. The number of carbonyl (C=O) groups is 1. The molecule has 0 aromatic carbocycles. The van der Waals surface area contributed by atoms with Crippen molar-refractivity contribution in [2.45, 2.75) is 192 Å². The quantitative estimate of drug-likeness (QED) is 0.0425. The number of carbonyl (C=O) groups excluding carboxylic acids is 1. The zero-order chi connectivity index (χ0) is 33.8. The van der Waals surface area contributed by atoms with Crippen LogP contribution in [0.25, 0.3) is 0 Å². The van der Waals surface area contributed by atoms with E-state index in [-0.39, 0.29) is 12.5 Å². The Morgan fingerprint density at radius 1 is 0.739 bits per heavy atom. The van der Waals surface area contributed by atoms with Crippen LogP contribution in [-0.2, 0) is 14.3 Å². The molecule has 1 aliphatic rings. The van der Waals surface area contributed by atoms with E-state index in [0.717, 1.165) is 64.2 Å². The molecule has 1 aliphatic heterocycles. The second kappa shape index (κ2) is 28.7. The van der Waals surface area contributed by atoms with Crippen LogP contribution >= 0.6 is 0 Å². The van der Waals surface area contributed by atoms with Gasteiger partial charge in [-0.25, -0.2) is 0 Å². The number of aliphatic hydroxyl groups is 5. The fourth-order valence-corrected chi connectivity index (χ4v) is 5.72. The van der Waals surface area contributed by atoms with Crippen molar-refractivity contribution in [1.29, 1.82) is 0 Å². The van der Waals surface area contributed by atoms with E-state index in [1.54, 1.807) is 0 Å². The van der Waals surface area contributed by atoms with Crippen molar-refractivity contribution < 1.29 is 39.8 Å². The van der Waals surface area contributed by atoms with E-state index in [0.29, 0.717) is 12.8 Å². The van der Waals surface area contributed by atoms with Crippen LogP contribution < -0.4 is 5.32 Å². The molecule has 1 saturated heterocycles. The molecule has 46 heavy (non-hydrogen) atoms. The van der Waals surface area contributed by atoms with Crippen molar-refractivity contribution in [2.75, 3.05) is 13.2 Å². The summed E-state index contributed by atoms with van der Waals surface area (Å²) >= 11 is 0. The molecule has 0 aromatic rings. The fraction of sp³-hybridized carbons (Fsp3) is 0.865. The Morgan fingerprint density at radius 3 is 1.89 bits per heavy atom. The second-order valence-electron chi connectivity index (χ2n) is 13.0. The highest BCUT2D eigenvalue weighted by molar-refractivity contribution is 5.76. The van der Waals surface area contributed by atoms with Crippen LogP contribution in [0.5, 0.6) is 0 Å². The third-order valence-corrected chi connectivity index (χ3v) is 8.81. The minimum atomic E-state index is -1.55. The van der Waals surface area contributed by atoms with E-state index in [1.165, 1.54) is 57.8 Å². The normalized spacial score (nSPS) is 23.3. The lowest BCUT2D eigenvalue weighted by Crippen LogP contribution is -2.60. The van der Waals surface area contributed by atoms with Crippen molar-refractivity contribution in [3.8, 4) is 0 Å². The highest BCUT2D eigenvalue weighted by Gasteiger charge is 2.44. The average molecular weight is 656 g/mol. The number of unbranched alkanes of at least 4 members (excludes halogenated alkanes) is 15. The summed E-state index contributed by atoms with van der Waals surface area (Å²) < 4.78 is 11.1. The fourth-order valence-electron chi connectivity index (χ4n) is 5.72. The maximum atomic E-state index is 12.8. The summed E-state index contributed by atoms with van der Waals surface area (Å²) in [4.78, 5) is 12.8. The lowest BCUT2D eigenvalue weighted by Gasteiger charge is -2.40. The Kier molecular flexibility index (Phi) is 26.6. The molecule has 1 heterocycles. The minimum absolute atomic E-state index is 0.143. The van der Waals surface area contributed by atoms with Gasteiger partial charge in [-0.15, -0.1) is 0 Å². The summed E-state index contributed by atoms with van der Waals surface area (Å²) in [6.07, 6.45) is 23.7. The third kappa shape index (κ3) is 20.1. The van der Waals surface area contributed by atoms with Crippen molar-refractivity contribution >= 4 is 5.91 Å². The van der Waals surface area contributed by atoms with Gasteiger partial charge in [0.15, 0.2) is 6.29 Å². The molecule has 0 aromatic heterocycles. The Labute approximate surface area is 279 Å². The van der Waals surface area contributed by atoms with Gasteiger partial charge in [0.25, 0.3) is 0 Å². The minimum Gasteiger partial charge on any atom is -0.394 e. The number of nitrogens with one attached hydrogen (secondary N) is 1. The van der Waals surface area contributed by atoms with Gasteiger partial charge in [-0.1, -0.05) is 122 Å². The Balaban J connectivity index is 2.30. The molecule has 7 unspecified atom stereocenters. The molecule has 0 saturated carbocycles. The number of hydrogen-bond acceptors (Lipinski definition) is 8. The van der Waals surface area contributed by atoms with Gasteiger partial charge in [-0.2, -0.15) is 0 Å². The summed E-state index contributed by atoms with van der Waals surface area (Å²) in [7, 11) is 0. The zero-order valence-electron chi connectivity index (χ0n) is 29.1. The molecule has 0 bridgehead atoms. The van der Waals surface area contributed by atoms with E-state index in [4.69, 9.17) is 9.47 Å². The molecule has 1 amide bonds. The lowest BCUT2D eigenvalue weighted by molar-refractivity contribution is -0.302. The molecule has 270 valence electrons. The lowest BCUT2D eigenvalue weighted by atomic mass is 9.99. The summed E-state index contributed by atoms with van der Waals surface area (Å²) in [5, 5.41) is 53.6. The first-order valence-corrected chi connectivity index (χ1v) is 18.5. The highest BCUT2D eigenvalue weighted by atomic mass is 16.7. The van der Waals surface area contributed by atoms with Gasteiger partial charge < -0.3 is 40.3 Å². The van der Waals surface area contributed by atoms with Gasteiger partial charge in [0.1, 0.15) is 24.4 Å². The maximum Gasteiger partial charge on any atom is 0.220 e. The number of amides is 1. The maximum absolute atomic E-state index is 12.8. The Hall–Kier alpha value is -1.33. The molecule has 7 atom stereocenters. The average Bonchev–Trinajstić information content (AvgIpc) is 3.05.